The van der Waals surface area contributed by atoms with Gasteiger partial charge in [-0.15, -0.1) is 0 Å². The fourth-order valence-corrected chi connectivity index (χ4v) is 2.24. The van der Waals surface area contributed by atoms with E-state index >= 15 is 0 Å². The zero-order valence-electron chi connectivity index (χ0n) is 8.83. The van der Waals surface area contributed by atoms with Gasteiger partial charge in [0, 0.05) is 12.0 Å². The minimum atomic E-state index is -0.137. The summed E-state index contributed by atoms with van der Waals surface area (Å²) in [7, 11) is 0. The second-order valence-corrected chi connectivity index (χ2v) is 4.24. The van der Waals surface area contributed by atoms with Gasteiger partial charge in [0.15, 0.2) is 0 Å². The van der Waals surface area contributed by atoms with E-state index in [1.807, 2.05) is 0 Å². The highest BCUT2D eigenvalue weighted by Crippen LogP contribution is 2.29. The van der Waals surface area contributed by atoms with Gasteiger partial charge in [0.25, 0.3) is 5.56 Å². The van der Waals surface area contributed by atoms with Gasteiger partial charge in [-0.25, -0.2) is 4.98 Å². The lowest BCUT2D eigenvalue weighted by molar-refractivity contribution is 0.559. The molecule has 0 radical (unpaired) electrons. The molecule has 0 saturated heterocycles. The highest BCUT2D eigenvalue weighted by Gasteiger charge is 2.16. The van der Waals surface area contributed by atoms with Crippen LogP contribution < -0.4 is 11.3 Å². The van der Waals surface area contributed by atoms with Crippen molar-refractivity contribution in [1.29, 1.82) is 0 Å². The Morgan fingerprint density at radius 3 is 2.53 bits per heavy atom. The molecule has 1 saturated carbocycles. The zero-order chi connectivity index (χ0) is 10.7. The average molecular weight is 207 g/mol. The molecule has 0 amide bonds. The van der Waals surface area contributed by atoms with Gasteiger partial charge in [-0.2, -0.15) is 0 Å². The van der Waals surface area contributed by atoms with Crippen LogP contribution >= 0.6 is 0 Å². The molecule has 0 aliphatic heterocycles. The molecule has 1 heterocycles. The third-order valence-electron chi connectivity index (χ3n) is 3.02. The van der Waals surface area contributed by atoms with E-state index in [4.69, 9.17) is 5.73 Å². The number of hydrogen-bond donors (Lipinski definition) is 2. The molecule has 0 unspecified atom stereocenters. The Hall–Kier alpha value is -1.32. The Kier molecular flexibility index (Phi) is 3.04. The standard InChI is InChI=1S/C11H17N3O/c12-9-7-10(15)14-11(13-9)8-5-3-1-2-4-6-8/h7-8H,1-6H2,(H3,12,13,14,15). The summed E-state index contributed by atoms with van der Waals surface area (Å²) in [5.41, 5.74) is 5.44. The topological polar surface area (TPSA) is 71.8 Å². The van der Waals surface area contributed by atoms with Crippen molar-refractivity contribution < 1.29 is 0 Å². The van der Waals surface area contributed by atoms with Crippen molar-refractivity contribution in [3.63, 3.8) is 0 Å². The first-order chi connectivity index (χ1) is 7.25. The number of nitrogens with zero attached hydrogens (tertiary/aromatic N) is 1. The molecule has 15 heavy (non-hydrogen) atoms. The summed E-state index contributed by atoms with van der Waals surface area (Å²) >= 11 is 0. The number of aromatic nitrogens is 2. The summed E-state index contributed by atoms with van der Waals surface area (Å²) in [6, 6.07) is 1.33. The number of rotatable bonds is 1. The van der Waals surface area contributed by atoms with Crippen molar-refractivity contribution in [2.75, 3.05) is 5.73 Å². The molecule has 0 bridgehead atoms. The van der Waals surface area contributed by atoms with E-state index in [1.165, 1.54) is 31.7 Å². The van der Waals surface area contributed by atoms with Crippen LogP contribution in [0.2, 0.25) is 0 Å². The maximum Gasteiger partial charge on any atom is 0.252 e. The number of H-pyrrole nitrogens is 1. The average Bonchev–Trinajstić information content (AvgIpc) is 2.43. The van der Waals surface area contributed by atoms with Crippen molar-refractivity contribution in [2.45, 2.75) is 44.4 Å². The van der Waals surface area contributed by atoms with Crippen molar-refractivity contribution in [2.24, 2.45) is 0 Å². The van der Waals surface area contributed by atoms with Crippen LogP contribution in [-0.4, -0.2) is 9.97 Å². The van der Waals surface area contributed by atoms with Crippen molar-refractivity contribution in [3.8, 4) is 0 Å². The molecule has 2 rings (SSSR count). The Bertz CT molecular complexity index is 378. The molecule has 1 aromatic heterocycles. The molecule has 0 aromatic carbocycles. The third kappa shape index (κ3) is 2.58. The second kappa shape index (κ2) is 4.47. The maximum atomic E-state index is 11.3. The number of nitrogens with two attached hydrogens (primary N) is 1. The predicted molar refractivity (Wildman–Crippen MR) is 59.7 cm³/mol. The van der Waals surface area contributed by atoms with Gasteiger partial charge in [0.05, 0.1) is 0 Å². The number of nitrogen functional groups attached to an aromatic ring is 1. The molecule has 3 N–H and O–H groups in total. The first kappa shape index (κ1) is 10.2. The highest BCUT2D eigenvalue weighted by atomic mass is 16.1. The minimum absolute atomic E-state index is 0.137. The van der Waals surface area contributed by atoms with E-state index in [2.05, 4.69) is 9.97 Å². The van der Waals surface area contributed by atoms with Crippen LogP contribution in [0.1, 0.15) is 50.3 Å². The predicted octanol–water partition coefficient (Wildman–Crippen LogP) is 1.79. The first-order valence-corrected chi connectivity index (χ1v) is 5.62. The van der Waals surface area contributed by atoms with Gasteiger partial charge >= 0.3 is 0 Å². The SMILES string of the molecule is Nc1cc(=O)[nH]c(C2CCCCCC2)n1. The minimum Gasteiger partial charge on any atom is -0.383 e. The summed E-state index contributed by atoms with van der Waals surface area (Å²) in [6.45, 7) is 0. The number of anilines is 1. The lowest BCUT2D eigenvalue weighted by Crippen LogP contribution is -2.15. The fourth-order valence-electron chi connectivity index (χ4n) is 2.24. The summed E-state index contributed by atoms with van der Waals surface area (Å²) in [5, 5.41) is 0. The first-order valence-electron chi connectivity index (χ1n) is 5.62. The Morgan fingerprint density at radius 2 is 1.93 bits per heavy atom. The quantitative estimate of drug-likeness (QED) is 0.689. The molecular weight excluding hydrogens is 190 g/mol. The summed E-state index contributed by atoms with van der Waals surface area (Å²) in [4.78, 5) is 18.3. The van der Waals surface area contributed by atoms with Gasteiger partial charge in [0.2, 0.25) is 0 Å². The van der Waals surface area contributed by atoms with Crippen molar-refractivity contribution in [1.82, 2.24) is 9.97 Å². The normalized spacial score (nSPS) is 18.7. The summed E-state index contributed by atoms with van der Waals surface area (Å²) in [5.74, 6) is 1.50. The lowest BCUT2D eigenvalue weighted by Gasteiger charge is -2.12. The van der Waals surface area contributed by atoms with Gasteiger partial charge in [-0.05, 0) is 12.8 Å². The largest absolute Gasteiger partial charge is 0.383 e. The van der Waals surface area contributed by atoms with Gasteiger partial charge in [-0.3, -0.25) is 4.79 Å². The second-order valence-electron chi connectivity index (χ2n) is 4.24. The lowest BCUT2D eigenvalue weighted by atomic mass is 9.99. The van der Waals surface area contributed by atoms with E-state index < -0.39 is 0 Å². The molecular formula is C11H17N3O. The van der Waals surface area contributed by atoms with Gasteiger partial charge in [-0.1, -0.05) is 25.7 Å². The Labute approximate surface area is 88.9 Å². The van der Waals surface area contributed by atoms with E-state index in [0.717, 1.165) is 18.7 Å². The Balaban J connectivity index is 2.23. The molecule has 1 fully saturated rings. The molecule has 4 heteroatoms. The molecule has 1 aliphatic carbocycles. The van der Waals surface area contributed by atoms with E-state index in [0.29, 0.717) is 11.7 Å². The zero-order valence-corrected chi connectivity index (χ0v) is 8.83. The molecule has 0 spiro atoms. The van der Waals surface area contributed by atoms with Crippen LogP contribution in [0, 0.1) is 0 Å². The molecule has 1 aliphatic rings. The van der Waals surface area contributed by atoms with Gasteiger partial charge < -0.3 is 10.7 Å². The summed E-state index contributed by atoms with van der Waals surface area (Å²) < 4.78 is 0. The number of aromatic amines is 1. The molecule has 82 valence electrons. The third-order valence-corrected chi connectivity index (χ3v) is 3.02. The van der Waals surface area contributed by atoms with Crippen LogP contribution in [0.25, 0.3) is 0 Å². The number of hydrogen-bond acceptors (Lipinski definition) is 3. The molecule has 4 nitrogen and oxygen atoms in total. The van der Waals surface area contributed by atoms with Crippen molar-refractivity contribution >= 4 is 5.82 Å². The van der Waals surface area contributed by atoms with Crippen LogP contribution in [0.3, 0.4) is 0 Å². The number of nitrogens with one attached hydrogen (secondary N) is 1. The van der Waals surface area contributed by atoms with Crippen LogP contribution in [0.15, 0.2) is 10.9 Å². The highest BCUT2D eigenvalue weighted by molar-refractivity contribution is 5.26. The smallest absolute Gasteiger partial charge is 0.252 e. The van der Waals surface area contributed by atoms with E-state index in [-0.39, 0.29) is 5.56 Å². The fraction of sp³-hybridized carbons (Fsp3) is 0.636. The van der Waals surface area contributed by atoms with Crippen molar-refractivity contribution in [3.05, 3.63) is 22.2 Å². The van der Waals surface area contributed by atoms with E-state index in [9.17, 15) is 4.79 Å². The van der Waals surface area contributed by atoms with Crippen LogP contribution in [-0.2, 0) is 0 Å². The van der Waals surface area contributed by atoms with Crippen LogP contribution in [0.5, 0.6) is 0 Å². The molecule has 1 aromatic rings. The summed E-state index contributed by atoms with van der Waals surface area (Å²) in [6.07, 6.45) is 7.28. The Morgan fingerprint density at radius 1 is 1.27 bits per heavy atom. The van der Waals surface area contributed by atoms with Gasteiger partial charge in [0.1, 0.15) is 11.6 Å². The monoisotopic (exact) mass is 207 g/mol. The molecule has 0 atom stereocenters. The van der Waals surface area contributed by atoms with Crippen LogP contribution in [0.4, 0.5) is 5.82 Å². The van der Waals surface area contributed by atoms with E-state index in [1.54, 1.807) is 0 Å². The maximum absolute atomic E-state index is 11.3.